The maximum Gasteiger partial charge on any atom is 0.123 e. The summed E-state index contributed by atoms with van der Waals surface area (Å²) >= 11 is 0. The average molecular weight is 402 g/mol. The van der Waals surface area contributed by atoms with Gasteiger partial charge in [0, 0.05) is 57.3 Å². The van der Waals surface area contributed by atoms with E-state index < -0.39 is 0 Å². The van der Waals surface area contributed by atoms with E-state index >= 15 is 0 Å². The largest absolute Gasteiger partial charge is 0.396 e. The number of aromatic nitrogens is 2. The number of halogens is 1. The molecule has 158 valence electrons. The van der Waals surface area contributed by atoms with E-state index in [2.05, 4.69) is 26.8 Å². The van der Waals surface area contributed by atoms with Gasteiger partial charge in [-0.05, 0) is 69.2 Å². The molecule has 6 nitrogen and oxygen atoms in total. The quantitative estimate of drug-likeness (QED) is 0.802. The van der Waals surface area contributed by atoms with Crippen LogP contribution in [0.4, 0.5) is 4.39 Å². The molecule has 0 radical (unpaired) electrons. The maximum absolute atomic E-state index is 14.0. The molecule has 0 spiro atoms. The van der Waals surface area contributed by atoms with Gasteiger partial charge in [0.25, 0.3) is 0 Å². The Labute approximate surface area is 172 Å². The van der Waals surface area contributed by atoms with Gasteiger partial charge >= 0.3 is 0 Å². The fourth-order valence-corrected chi connectivity index (χ4v) is 4.85. The number of rotatable bonds is 6. The fourth-order valence-electron chi connectivity index (χ4n) is 4.85. The van der Waals surface area contributed by atoms with Crippen LogP contribution in [-0.2, 0) is 6.54 Å². The summed E-state index contributed by atoms with van der Waals surface area (Å²) in [5.74, 6) is -0.215. The minimum Gasteiger partial charge on any atom is -0.396 e. The zero-order chi connectivity index (χ0) is 20.2. The van der Waals surface area contributed by atoms with E-state index in [-0.39, 0.29) is 12.4 Å². The molecule has 4 rings (SSSR count). The molecular weight excluding hydrogens is 369 g/mol. The molecule has 0 amide bonds. The first-order chi connectivity index (χ1) is 14.1. The second-order valence-electron chi connectivity index (χ2n) is 8.40. The van der Waals surface area contributed by atoms with Crippen molar-refractivity contribution in [2.24, 2.45) is 0 Å². The Kier molecular flexibility index (Phi) is 6.60. The molecule has 1 atom stereocenters. The molecule has 3 heterocycles. The monoisotopic (exact) mass is 401 g/mol. The predicted octanol–water partition coefficient (Wildman–Crippen LogP) is 1.97. The van der Waals surface area contributed by atoms with Crippen molar-refractivity contribution < 1.29 is 9.50 Å². The van der Waals surface area contributed by atoms with Crippen molar-refractivity contribution >= 4 is 0 Å². The standard InChI is InChI=1S/C22H32FN5O/c1-25-10-5-20(6-11-25)27-13-12-26(17-21(27)7-14-29)16-18-15-19(23)3-4-22(18)28-9-2-8-24-28/h2-4,8-9,15,20-21,29H,5-7,10-14,16-17H2,1H3. The van der Waals surface area contributed by atoms with Crippen molar-refractivity contribution in [1.82, 2.24) is 24.5 Å². The lowest BCUT2D eigenvalue weighted by atomic mass is 9.98. The number of aliphatic hydroxyl groups excluding tert-OH is 1. The van der Waals surface area contributed by atoms with Gasteiger partial charge in [0.15, 0.2) is 0 Å². The Bertz CT molecular complexity index is 776. The summed E-state index contributed by atoms with van der Waals surface area (Å²) in [6, 6.07) is 7.76. The molecule has 0 bridgehead atoms. The second kappa shape index (κ2) is 9.34. The van der Waals surface area contributed by atoms with E-state index in [4.69, 9.17) is 0 Å². The van der Waals surface area contributed by atoms with Crippen molar-refractivity contribution in [3.05, 3.63) is 48.0 Å². The number of nitrogens with zero attached hydrogens (tertiary/aromatic N) is 5. The highest BCUT2D eigenvalue weighted by Crippen LogP contribution is 2.25. The molecule has 2 aromatic rings. The van der Waals surface area contributed by atoms with Gasteiger partial charge in [0.1, 0.15) is 5.82 Å². The smallest absolute Gasteiger partial charge is 0.123 e. The molecule has 29 heavy (non-hydrogen) atoms. The normalized spacial score (nSPS) is 22.9. The van der Waals surface area contributed by atoms with Gasteiger partial charge in [-0.3, -0.25) is 9.80 Å². The molecule has 1 aromatic heterocycles. The fraction of sp³-hybridized carbons (Fsp3) is 0.591. The molecule has 1 N–H and O–H groups in total. The number of benzene rings is 1. The lowest BCUT2D eigenvalue weighted by molar-refractivity contribution is 0.00597. The zero-order valence-corrected chi connectivity index (χ0v) is 17.3. The topological polar surface area (TPSA) is 47.8 Å². The minimum absolute atomic E-state index is 0.208. The van der Waals surface area contributed by atoms with Crippen LogP contribution >= 0.6 is 0 Å². The van der Waals surface area contributed by atoms with Crippen LogP contribution in [0.25, 0.3) is 5.69 Å². The summed E-state index contributed by atoms with van der Waals surface area (Å²) in [7, 11) is 2.19. The van der Waals surface area contributed by atoms with Crippen LogP contribution in [0, 0.1) is 5.82 Å². The first kappa shape index (κ1) is 20.5. The number of hydrogen-bond donors (Lipinski definition) is 1. The molecule has 2 aliphatic heterocycles. The van der Waals surface area contributed by atoms with Gasteiger partial charge in [0.2, 0.25) is 0 Å². The summed E-state index contributed by atoms with van der Waals surface area (Å²) in [6.45, 7) is 6.06. The predicted molar refractivity (Wildman–Crippen MR) is 112 cm³/mol. The Hall–Kier alpha value is -1.80. The molecule has 0 aliphatic carbocycles. The second-order valence-corrected chi connectivity index (χ2v) is 8.40. The van der Waals surface area contributed by atoms with Gasteiger partial charge in [-0.2, -0.15) is 5.10 Å². The summed E-state index contributed by atoms with van der Waals surface area (Å²) in [6.07, 6.45) is 6.82. The molecule has 0 saturated carbocycles. The first-order valence-electron chi connectivity index (χ1n) is 10.7. The van der Waals surface area contributed by atoms with Gasteiger partial charge in [-0.25, -0.2) is 9.07 Å². The summed E-state index contributed by atoms with van der Waals surface area (Å²) in [4.78, 5) is 7.42. The lowest BCUT2D eigenvalue weighted by Gasteiger charge is -2.47. The Balaban J connectivity index is 1.46. The third-order valence-corrected chi connectivity index (χ3v) is 6.42. The van der Waals surface area contributed by atoms with E-state index in [0.717, 1.165) is 50.4 Å². The molecule has 2 saturated heterocycles. The minimum atomic E-state index is -0.215. The van der Waals surface area contributed by atoms with Crippen molar-refractivity contribution in [3.8, 4) is 5.69 Å². The van der Waals surface area contributed by atoms with Crippen LogP contribution in [0.1, 0.15) is 24.8 Å². The highest BCUT2D eigenvalue weighted by atomic mass is 19.1. The van der Waals surface area contributed by atoms with Crippen molar-refractivity contribution in [1.29, 1.82) is 0 Å². The van der Waals surface area contributed by atoms with Crippen LogP contribution in [-0.4, -0.2) is 88.0 Å². The highest BCUT2D eigenvalue weighted by Gasteiger charge is 2.33. The van der Waals surface area contributed by atoms with Crippen molar-refractivity contribution in [3.63, 3.8) is 0 Å². The average Bonchev–Trinajstić information content (AvgIpc) is 3.24. The van der Waals surface area contributed by atoms with Crippen LogP contribution in [0.3, 0.4) is 0 Å². The van der Waals surface area contributed by atoms with Gasteiger partial charge in [0.05, 0.1) is 5.69 Å². The lowest BCUT2D eigenvalue weighted by Crippen LogP contribution is -2.58. The SMILES string of the molecule is CN1CCC(N2CCN(Cc3cc(F)ccc3-n3cccn3)CC2CCO)CC1. The van der Waals surface area contributed by atoms with Crippen LogP contribution in [0.5, 0.6) is 0 Å². The number of piperazine rings is 1. The van der Waals surface area contributed by atoms with Crippen LogP contribution in [0.2, 0.25) is 0 Å². The maximum atomic E-state index is 14.0. The summed E-state index contributed by atoms with van der Waals surface area (Å²) in [5.41, 5.74) is 1.87. The number of likely N-dealkylation sites (tertiary alicyclic amines) is 1. The van der Waals surface area contributed by atoms with E-state index in [1.165, 1.54) is 18.9 Å². The number of aliphatic hydroxyl groups is 1. The molecule has 7 heteroatoms. The Morgan fingerprint density at radius 3 is 2.72 bits per heavy atom. The molecule has 2 fully saturated rings. The van der Waals surface area contributed by atoms with E-state index in [0.29, 0.717) is 18.6 Å². The Morgan fingerprint density at radius 2 is 2.00 bits per heavy atom. The highest BCUT2D eigenvalue weighted by molar-refractivity contribution is 5.40. The molecule has 1 unspecified atom stereocenters. The third-order valence-electron chi connectivity index (χ3n) is 6.42. The Morgan fingerprint density at radius 1 is 1.17 bits per heavy atom. The van der Waals surface area contributed by atoms with Crippen molar-refractivity contribution in [2.75, 3.05) is 46.4 Å². The number of piperidine rings is 1. The zero-order valence-electron chi connectivity index (χ0n) is 17.3. The van der Waals surface area contributed by atoms with Gasteiger partial charge in [-0.1, -0.05) is 0 Å². The molecule has 2 aliphatic rings. The van der Waals surface area contributed by atoms with Gasteiger partial charge in [-0.15, -0.1) is 0 Å². The van der Waals surface area contributed by atoms with Crippen molar-refractivity contribution in [2.45, 2.75) is 37.9 Å². The van der Waals surface area contributed by atoms with Crippen LogP contribution < -0.4 is 0 Å². The molecule has 1 aromatic carbocycles. The summed E-state index contributed by atoms with van der Waals surface area (Å²) < 4.78 is 15.8. The first-order valence-corrected chi connectivity index (χ1v) is 10.7. The van der Waals surface area contributed by atoms with E-state index in [9.17, 15) is 9.50 Å². The summed E-state index contributed by atoms with van der Waals surface area (Å²) in [5, 5.41) is 14.0. The van der Waals surface area contributed by atoms with Gasteiger partial charge < -0.3 is 10.0 Å². The van der Waals surface area contributed by atoms with Crippen LogP contribution in [0.15, 0.2) is 36.7 Å². The van der Waals surface area contributed by atoms with E-state index in [1.54, 1.807) is 23.0 Å². The molecular formula is C22H32FN5O. The third kappa shape index (κ3) is 4.86. The van der Waals surface area contributed by atoms with E-state index in [1.807, 2.05) is 12.3 Å². The number of hydrogen-bond acceptors (Lipinski definition) is 5.